The summed E-state index contributed by atoms with van der Waals surface area (Å²) in [5.74, 6) is 3.15. The van der Waals surface area contributed by atoms with Gasteiger partial charge in [0.1, 0.15) is 11.3 Å². The Bertz CT molecular complexity index is 1720. The van der Waals surface area contributed by atoms with Crippen LogP contribution in [-0.2, 0) is 18.4 Å². The lowest BCUT2D eigenvalue weighted by Crippen LogP contribution is -2.47. The quantitative estimate of drug-likeness (QED) is 0.374. The fourth-order valence-electron chi connectivity index (χ4n) is 7.52. The number of likely N-dealkylation sites (tertiary alicyclic amines) is 2. The lowest BCUT2D eigenvalue weighted by atomic mass is 9.93. The molecule has 2 saturated heterocycles. The van der Waals surface area contributed by atoms with Crippen LogP contribution in [0, 0.1) is 11.8 Å². The molecule has 3 atom stereocenters. The third-order valence-corrected chi connectivity index (χ3v) is 11.0. The molecular weight excluding hydrogens is 536 g/mol. The van der Waals surface area contributed by atoms with E-state index in [1.807, 2.05) is 29.0 Å². The highest BCUT2D eigenvalue weighted by Crippen LogP contribution is 2.44. The first-order chi connectivity index (χ1) is 19.8. The number of carbonyl (C=O) groups is 2. The number of rotatable bonds is 6. The molecule has 2 saturated carbocycles. The standard InChI is InChI=1S/C31H36N6O3S/c1-16(38)35-12-20(13-35)21-15-41-26-10-24(36(28(21)26)11-17-4-5-17)30-33-22-8-19(9-25(40-3)29(22)34(30)2)31(39)37-14-18-6-7-23(37)27(18)32/h8-10,15,17-18,20,23,27H,4-7,11-14,32H2,1-3H3/t18-,23-,27-/m1/s1. The van der Waals surface area contributed by atoms with Gasteiger partial charge in [0.05, 0.1) is 28.5 Å². The predicted molar refractivity (Wildman–Crippen MR) is 159 cm³/mol. The summed E-state index contributed by atoms with van der Waals surface area (Å²) in [5.41, 5.74) is 12.4. The van der Waals surface area contributed by atoms with E-state index in [9.17, 15) is 9.59 Å². The molecule has 4 aromatic rings. The van der Waals surface area contributed by atoms with Crippen molar-refractivity contribution in [3.05, 3.63) is 34.7 Å². The molecule has 0 radical (unpaired) electrons. The number of carbonyl (C=O) groups excluding carboxylic acids is 2. The van der Waals surface area contributed by atoms with Crippen molar-refractivity contribution in [2.75, 3.05) is 26.7 Å². The number of imidazole rings is 1. The maximum absolute atomic E-state index is 13.7. The summed E-state index contributed by atoms with van der Waals surface area (Å²) in [6.07, 6.45) is 4.60. The van der Waals surface area contributed by atoms with E-state index in [1.165, 1.54) is 28.6 Å². The van der Waals surface area contributed by atoms with Gasteiger partial charge in [0.25, 0.3) is 5.91 Å². The number of fused-ring (bicyclic) bond motifs is 4. The third-order valence-electron chi connectivity index (χ3n) is 10.1. The van der Waals surface area contributed by atoms with Crippen molar-refractivity contribution in [3.8, 4) is 17.3 Å². The van der Waals surface area contributed by atoms with Crippen molar-refractivity contribution in [3.63, 3.8) is 0 Å². The SMILES string of the molecule is COc1cc(C(=O)N2C[C@H]3CC[C@@H]2[C@@H]3N)cc2nc(-c3cc4scc(C5CN(C(C)=O)C5)c4n3CC3CC3)n(C)c12. The second kappa shape index (κ2) is 9.06. The topological polar surface area (TPSA) is 98.6 Å². The zero-order chi connectivity index (χ0) is 28.2. The number of nitrogens with two attached hydrogens (primary N) is 1. The van der Waals surface area contributed by atoms with Gasteiger partial charge in [0.15, 0.2) is 5.82 Å². The maximum atomic E-state index is 13.7. The Morgan fingerprint density at radius 1 is 1.10 bits per heavy atom. The molecule has 4 aliphatic rings. The third kappa shape index (κ3) is 3.79. The van der Waals surface area contributed by atoms with Gasteiger partial charge in [-0.05, 0) is 66.7 Å². The van der Waals surface area contributed by atoms with Gasteiger partial charge in [-0.2, -0.15) is 0 Å². The Balaban J connectivity index is 1.21. The van der Waals surface area contributed by atoms with E-state index in [1.54, 1.807) is 25.4 Å². The summed E-state index contributed by atoms with van der Waals surface area (Å²) in [6.45, 7) is 4.92. The van der Waals surface area contributed by atoms with E-state index >= 15 is 0 Å². The van der Waals surface area contributed by atoms with Gasteiger partial charge in [-0.25, -0.2) is 4.98 Å². The Labute approximate surface area is 242 Å². The molecule has 4 fully saturated rings. The van der Waals surface area contributed by atoms with Crippen molar-refractivity contribution < 1.29 is 14.3 Å². The number of amides is 2. The van der Waals surface area contributed by atoms with Gasteiger partial charge in [0.2, 0.25) is 5.91 Å². The summed E-state index contributed by atoms with van der Waals surface area (Å²) in [4.78, 5) is 34.6. The summed E-state index contributed by atoms with van der Waals surface area (Å²) < 4.78 is 11.7. The zero-order valence-corrected chi connectivity index (χ0v) is 24.6. The number of aromatic nitrogens is 3. The zero-order valence-electron chi connectivity index (χ0n) is 23.8. The number of aryl methyl sites for hydroxylation is 1. The molecule has 2 amide bonds. The average molecular weight is 573 g/mol. The molecule has 2 aliphatic heterocycles. The van der Waals surface area contributed by atoms with E-state index < -0.39 is 0 Å². The normalized spacial score (nSPS) is 24.1. The molecule has 9 nitrogen and oxygen atoms in total. The number of hydrogen-bond donors (Lipinski definition) is 1. The molecule has 0 unspecified atom stereocenters. The molecule has 0 spiro atoms. The Hall–Kier alpha value is -3.37. The van der Waals surface area contributed by atoms with Crippen molar-refractivity contribution in [2.45, 2.75) is 57.2 Å². The van der Waals surface area contributed by atoms with E-state index in [4.69, 9.17) is 15.5 Å². The van der Waals surface area contributed by atoms with Crippen molar-refractivity contribution in [1.29, 1.82) is 0 Å². The van der Waals surface area contributed by atoms with E-state index in [0.717, 1.165) is 61.6 Å². The minimum absolute atomic E-state index is 0.0161. The minimum atomic E-state index is 0.0161. The van der Waals surface area contributed by atoms with Gasteiger partial charge in [0, 0.05) is 63.7 Å². The van der Waals surface area contributed by atoms with Gasteiger partial charge in [-0.1, -0.05) is 0 Å². The lowest BCUT2D eigenvalue weighted by Gasteiger charge is -2.38. The van der Waals surface area contributed by atoms with Gasteiger partial charge >= 0.3 is 0 Å². The highest BCUT2D eigenvalue weighted by atomic mass is 32.1. The number of benzene rings is 1. The van der Waals surface area contributed by atoms with Crippen LogP contribution < -0.4 is 10.5 Å². The van der Waals surface area contributed by atoms with Crippen LogP contribution in [0.15, 0.2) is 23.6 Å². The van der Waals surface area contributed by atoms with Crippen LogP contribution in [0.4, 0.5) is 0 Å². The first-order valence-corrected chi connectivity index (χ1v) is 15.7. The minimum Gasteiger partial charge on any atom is -0.494 e. The molecule has 2 N–H and O–H groups in total. The van der Waals surface area contributed by atoms with Crippen LogP contribution in [0.1, 0.15) is 54.4 Å². The Kier molecular flexibility index (Phi) is 5.60. The molecule has 214 valence electrons. The largest absolute Gasteiger partial charge is 0.494 e. The van der Waals surface area contributed by atoms with E-state index in [2.05, 4.69) is 20.6 Å². The number of methoxy groups -OCH3 is 1. The highest BCUT2D eigenvalue weighted by molar-refractivity contribution is 7.17. The van der Waals surface area contributed by atoms with Crippen molar-refractivity contribution >= 4 is 44.4 Å². The highest BCUT2D eigenvalue weighted by Gasteiger charge is 2.47. The van der Waals surface area contributed by atoms with Crippen LogP contribution in [0.25, 0.3) is 32.8 Å². The Morgan fingerprint density at radius 2 is 1.90 bits per heavy atom. The predicted octanol–water partition coefficient (Wildman–Crippen LogP) is 4.18. The number of thiophene rings is 1. The van der Waals surface area contributed by atoms with Crippen LogP contribution in [0.2, 0.25) is 0 Å². The molecule has 10 heteroatoms. The fraction of sp³-hybridized carbons (Fsp3) is 0.516. The smallest absolute Gasteiger partial charge is 0.254 e. The molecule has 2 aliphatic carbocycles. The van der Waals surface area contributed by atoms with Gasteiger partial charge < -0.3 is 29.4 Å². The monoisotopic (exact) mass is 572 g/mol. The van der Waals surface area contributed by atoms with E-state index in [-0.39, 0.29) is 23.9 Å². The maximum Gasteiger partial charge on any atom is 0.254 e. The van der Waals surface area contributed by atoms with E-state index in [0.29, 0.717) is 29.1 Å². The first-order valence-electron chi connectivity index (χ1n) is 14.8. The molecule has 41 heavy (non-hydrogen) atoms. The number of nitrogens with zero attached hydrogens (tertiary/aromatic N) is 5. The summed E-state index contributed by atoms with van der Waals surface area (Å²) in [5, 5.41) is 2.28. The van der Waals surface area contributed by atoms with Crippen LogP contribution in [0.5, 0.6) is 5.75 Å². The fourth-order valence-corrected chi connectivity index (χ4v) is 8.59. The summed E-state index contributed by atoms with van der Waals surface area (Å²) >= 11 is 1.78. The summed E-state index contributed by atoms with van der Waals surface area (Å²) in [6, 6.07) is 6.27. The molecule has 1 aromatic carbocycles. The Morgan fingerprint density at radius 3 is 2.56 bits per heavy atom. The van der Waals surface area contributed by atoms with Crippen LogP contribution in [-0.4, -0.2) is 74.6 Å². The molecule has 2 bridgehead atoms. The number of hydrogen-bond acceptors (Lipinski definition) is 6. The first kappa shape index (κ1) is 25.3. The lowest BCUT2D eigenvalue weighted by molar-refractivity contribution is -0.133. The van der Waals surface area contributed by atoms with Crippen LogP contribution >= 0.6 is 11.3 Å². The molecule has 8 rings (SSSR count). The molecule has 3 aromatic heterocycles. The molecular formula is C31H36N6O3S. The number of ether oxygens (including phenoxy) is 1. The molecule has 5 heterocycles. The van der Waals surface area contributed by atoms with Crippen molar-refractivity contribution in [2.24, 2.45) is 24.6 Å². The number of piperidine rings is 1. The van der Waals surface area contributed by atoms with Crippen LogP contribution in [0.3, 0.4) is 0 Å². The summed E-state index contributed by atoms with van der Waals surface area (Å²) in [7, 11) is 3.69. The second-order valence-corrected chi connectivity index (χ2v) is 13.5. The van der Waals surface area contributed by atoms with Gasteiger partial charge in [-0.3, -0.25) is 9.59 Å². The van der Waals surface area contributed by atoms with Gasteiger partial charge in [-0.15, -0.1) is 11.3 Å². The average Bonchev–Trinajstić information content (AvgIpc) is 3.16. The van der Waals surface area contributed by atoms with Crippen molar-refractivity contribution in [1.82, 2.24) is 23.9 Å². The second-order valence-electron chi connectivity index (χ2n) is 12.6.